The highest BCUT2D eigenvalue weighted by Gasteiger charge is 2.25. The minimum absolute atomic E-state index is 0.0112. The first-order chi connectivity index (χ1) is 11.2. The normalized spacial score (nSPS) is 17.8. The summed E-state index contributed by atoms with van der Waals surface area (Å²) in [5.74, 6) is 0.761. The highest BCUT2D eigenvalue weighted by molar-refractivity contribution is 5.98. The summed E-state index contributed by atoms with van der Waals surface area (Å²) in [6.07, 6.45) is 1.75. The van der Waals surface area contributed by atoms with Gasteiger partial charge in [0.05, 0.1) is 5.56 Å². The monoisotopic (exact) mass is 310 g/mol. The Hall–Kier alpha value is -2.40. The molecule has 0 aliphatic carbocycles. The maximum atomic E-state index is 12.4. The number of piperazine rings is 1. The zero-order valence-corrected chi connectivity index (χ0v) is 13.6. The smallest absolute Gasteiger partial charge is 0.257 e. The van der Waals surface area contributed by atoms with Gasteiger partial charge < -0.3 is 15.1 Å². The predicted molar refractivity (Wildman–Crippen MR) is 91.7 cm³/mol. The van der Waals surface area contributed by atoms with Gasteiger partial charge in [-0.25, -0.2) is 4.98 Å². The van der Waals surface area contributed by atoms with Crippen LogP contribution in [0.25, 0.3) is 0 Å². The van der Waals surface area contributed by atoms with Crippen LogP contribution in [0.3, 0.4) is 0 Å². The van der Waals surface area contributed by atoms with Gasteiger partial charge in [0.25, 0.3) is 5.91 Å². The quantitative estimate of drug-likeness (QED) is 0.941. The number of hydrogen-bond acceptors (Lipinski definition) is 4. The Balaban J connectivity index is 1.86. The van der Waals surface area contributed by atoms with Crippen LogP contribution in [0.2, 0.25) is 0 Å². The molecule has 1 aromatic carbocycles. The van der Waals surface area contributed by atoms with Gasteiger partial charge in [-0.05, 0) is 17.7 Å². The van der Waals surface area contributed by atoms with Gasteiger partial charge in [0.1, 0.15) is 5.82 Å². The molecule has 1 amide bonds. The molecule has 1 fully saturated rings. The number of rotatable bonds is 3. The molecule has 1 aromatic heterocycles. The van der Waals surface area contributed by atoms with Gasteiger partial charge in [-0.15, -0.1) is 0 Å². The van der Waals surface area contributed by atoms with E-state index >= 15 is 0 Å². The van der Waals surface area contributed by atoms with Crippen molar-refractivity contribution >= 4 is 11.7 Å². The lowest BCUT2D eigenvalue weighted by Crippen LogP contribution is -2.46. The van der Waals surface area contributed by atoms with Crippen molar-refractivity contribution in [1.82, 2.24) is 15.2 Å². The molecule has 0 saturated carbocycles. The molecular formula is C18H22N4O. The van der Waals surface area contributed by atoms with E-state index in [2.05, 4.69) is 39.5 Å². The lowest BCUT2D eigenvalue weighted by molar-refractivity contribution is 0.0827. The number of pyridine rings is 1. The van der Waals surface area contributed by atoms with Crippen LogP contribution in [-0.4, -0.2) is 49.5 Å². The summed E-state index contributed by atoms with van der Waals surface area (Å²) in [5.41, 5.74) is 1.92. The first-order valence-corrected chi connectivity index (χ1v) is 7.87. The van der Waals surface area contributed by atoms with Crippen LogP contribution in [0.5, 0.6) is 0 Å². The molecule has 3 rings (SSSR count). The fraction of sp³-hybridized carbons (Fsp3) is 0.333. The third-order valence-electron chi connectivity index (χ3n) is 4.10. The molecule has 2 heterocycles. The second-order valence-electron chi connectivity index (χ2n) is 5.94. The number of nitrogens with zero attached hydrogens (tertiary/aromatic N) is 3. The molecule has 2 aromatic rings. The fourth-order valence-corrected chi connectivity index (χ4v) is 2.91. The average molecular weight is 310 g/mol. The summed E-state index contributed by atoms with van der Waals surface area (Å²) in [6, 6.07) is 14.3. The van der Waals surface area contributed by atoms with Gasteiger partial charge in [-0.1, -0.05) is 30.3 Å². The molecule has 120 valence electrons. The van der Waals surface area contributed by atoms with Crippen molar-refractivity contribution in [3.05, 3.63) is 59.8 Å². The van der Waals surface area contributed by atoms with Gasteiger partial charge in [0.2, 0.25) is 0 Å². The molecule has 5 nitrogen and oxygen atoms in total. The van der Waals surface area contributed by atoms with Gasteiger partial charge in [0.15, 0.2) is 0 Å². The van der Waals surface area contributed by atoms with Crippen LogP contribution in [0.1, 0.15) is 22.0 Å². The van der Waals surface area contributed by atoms with Crippen LogP contribution in [0, 0.1) is 0 Å². The summed E-state index contributed by atoms with van der Waals surface area (Å²) in [7, 11) is 3.54. The fourth-order valence-electron chi connectivity index (χ4n) is 2.91. The Morgan fingerprint density at radius 1 is 1.22 bits per heavy atom. The van der Waals surface area contributed by atoms with Crippen molar-refractivity contribution in [3.8, 4) is 0 Å². The topological polar surface area (TPSA) is 48.5 Å². The van der Waals surface area contributed by atoms with Crippen LogP contribution in [-0.2, 0) is 0 Å². The minimum Gasteiger partial charge on any atom is -0.353 e. The molecular weight excluding hydrogens is 288 g/mol. The van der Waals surface area contributed by atoms with Gasteiger partial charge >= 0.3 is 0 Å². The highest BCUT2D eigenvalue weighted by atomic mass is 16.2. The van der Waals surface area contributed by atoms with Crippen molar-refractivity contribution in [2.45, 2.75) is 6.04 Å². The predicted octanol–water partition coefficient (Wildman–Crippen LogP) is 1.93. The Morgan fingerprint density at radius 3 is 2.74 bits per heavy atom. The van der Waals surface area contributed by atoms with E-state index in [1.165, 1.54) is 5.56 Å². The first-order valence-electron chi connectivity index (χ1n) is 7.87. The van der Waals surface area contributed by atoms with E-state index in [4.69, 9.17) is 0 Å². The van der Waals surface area contributed by atoms with Crippen molar-refractivity contribution in [3.63, 3.8) is 0 Å². The third-order valence-corrected chi connectivity index (χ3v) is 4.10. The summed E-state index contributed by atoms with van der Waals surface area (Å²) in [5, 5.41) is 3.54. The highest BCUT2D eigenvalue weighted by Crippen LogP contribution is 2.24. The van der Waals surface area contributed by atoms with Crippen molar-refractivity contribution in [2.75, 3.05) is 38.6 Å². The number of amides is 1. The molecule has 1 unspecified atom stereocenters. The minimum atomic E-state index is -0.0112. The van der Waals surface area contributed by atoms with Crippen molar-refractivity contribution in [2.24, 2.45) is 0 Å². The Morgan fingerprint density at radius 2 is 2.00 bits per heavy atom. The van der Waals surface area contributed by atoms with Crippen molar-refractivity contribution in [1.29, 1.82) is 0 Å². The van der Waals surface area contributed by atoms with Crippen LogP contribution in [0.15, 0.2) is 48.7 Å². The molecule has 0 radical (unpaired) electrons. The second-order valence-corrected chi connectivity index (χ2v) is 5.94. The van der Waals surface area contributed by atoms with Crippen LogP contribution in [0.4, 0.5) is 5.82 Å². The average Bonchev–Trinajstić information content (AvgIpc) is 2.62. The summed E-state index contributed by atoms with van der Waals surface area (Å²) in [4.78, 5) is 20.7. The number of aromatic nitrogens is 1. The van der Waals surface area contributed by atoms with Crippen LogP contribution < -0.4 is 10.2 Å². The summed E-state index contributed by atoms with van der Waals surface area (Å²) >= 11 is 0. The third kappa shape index (κ3) is 3.35. The van der Waals surface area contributed by atoms with Gasteiger partial charge in [0, 0.05) is 46.0 Å². The molecule has 1 aliphatic heterocycles. The van der Waals surface area contributed by atoms with E-state index in [0.717, 1.165) is 25.5 Å². The molecule has 1 saturated heterocycles. The van der Waals surface area contributed by atoms with Crippen molar-refractivity contribution < 1.29 is 4.79 Å². The summed E-state index contributed by atoms with van der Waals surface area (Å²) in [6.45, 7) is 2.51. The van der Waals surface area contributed by atoms with Gasteiger partial charge in [-0.2, -0.15) is 0 Å². The lowest BCUT2D eigenvalue weighted by atomic mass is 10.0. The number of hydrogen-bond donors (Lipinski definition) is 1. The van der Waals surface area contributed by atoms with E-state index in [-0.39, 0.29) is 11.9 Å². The zero-order chi connectivity index (χ0) is 16.2. The molecule has 0 spiro atoms. The largest absolute Gasteiger partial charge is 0.353 e. The van der Waals surface area contributed by atoms with Crippen LogP contribution >= 0.6 is 0 Å². The molecule has 1 atom stereocenters. The zero-order valence-electron chi connectivity index (χ0n) is 13.6. The molecule has 5 heteroatoms. The Kier molecular flexibility index (Phi) is 4.57. The molecule has 0 bridgehead atoms. The maximum Gasteiger partial charge on any atom is 0.257 e. The van der Waals surface area contributed by atoms with E-state index in [1.54, 1.807) is 25.2 Å². The number of benzene rings is 1. The summed E-state index contributed by atoms with van der Waals surface area (Å²) < 4.78 is 0. The SMILES string of the molecule is CN(C)C(=O)c1cccnc1N1CCNC(c2ccccc2)C1. The van der Waals surface area contributed by atoms with Gasteiger partial charge in [-0.3, -0.25) is 4.79 Å². The van der Waals surface area contributed by atoms with E-state index in [0.29, 0.717) is 5.56 Å². The number of carbonyl (C=O) groups excluding carboxylic acids is 1. The van der Waals surface area contributed by atoms with E-state index in [1.807, 2.05) is 18.2 Å². The Bertz CT molecular complexity index is 672. The lowest BCUT2D eigenvalue weighted by Gasteiger charge is -2.35. The molecule has 23 heavy (non-hydrogen) atoms. The maximum absolute atomic E-state index is 12.4. The second kappa shape index (κ2) is 6.79. The Labute approximate surface area is 136 Å². The van der Waals surface area contributed by atoms with E-state index < -0.39 is 0 Å². The number of nitrogens with one attached hydrogen (secondary N) is 1. The number of anilines is 1. The number of carbonyl (C=O) groups is 1. The standard InChI is InChI=1S/C18H22N4O/c1-21(2)18(23)15-9-6-10-20-17(15)22-12-11-19-16(13-22)14-7-4-3-5-8-14/h3-10,16,19H,11-13H2,1-2H3. The first kappa shape index (κ1) is 15.5. The molecule has 1 N–H and O–H groups in total. The van der Waals surface area contributed by atoms with E-state index in [9.17, 15) is 4.79 Å². The molecule has 1 aliphatic rings.